The third kappa shape index (κ3) is 2.74. The van der Waals surface area contributed by atoms with Crippen molar-refractivity contribution in [3.63, 3.8) is 0 Å². The van der Waals surface area contributed by atoms with Gasteiger partial charge in [0.15, 0.2) is 5.89 Å². The number of halogens is 2. The molecule has 2 rings (SSSR count). The highest BCUT2D eigenvalue weighted by Crippen LogP contribution is 2.21. The minimum absolute atomic E-state index is 0.605. The molecule has 1 aromatic carbocycles. The molecule has 0 saturated carbocycles. The van der Waals surface area contributed by atoms with Crippen molar-refractivity contribution in [3.8, 4) is 0 Å². The van der Waals surface area contributed by atoms with Gasteiger partial charge in [-0.05, 0) is 30.7 Å². The van der Waals surface area contributed by atoms with Crippen molar-refractivity contribution in [1.29, 1.82) is 0 Å². The van der Waals surface area contributed by atoms with Crippen LogP contribution in [0.15, 0.2) is 28.8 Å². The molecule has 0 atom stereocenters. The molecular formula is C11H9Cl2NO. The predicted octanol–water partition coefficient (Wildman–Crippen LogP) is 3.88. The van der Waals surface area contributed by atoms with Gasteiger partial charge in [0.1, 0.15) is 5.76 Å². The summed E-state index contributed by atoms with van der Waals surface area (Å²) in [5, 5.41) is 1.25. The number of hydrogen-bond donors (Lipinski definition) is 0. The lowest BCUT2D eigenvalue weighted by Gasteiger charge is -1.99. The molecular weight excluding hydrogens is 233 g/mol. The third-order valence-corrected chi connectivity index (χ3v) is 2.38. The molecule has 0 aliphatic carbocycles. The van der Waals surface area contributed by atoms with Gasteiger partial charge in [-0.15, -0.1) is 0 Å². The summed E-state index contributed by atoms with van der Waals surface area (Å²) in [6.45, 7) is 1.86. The van der Waals surface area contributed by atoms with Gasteiger partial charge in [0.2, 0.25) is 0 Å². The monoisotopic (exact) mass is 241 g/mol. The van der Waals surface area contributed by atoms with Gasteiger partial charge in [-0.1, -0.05) is 23.2 Å². The van der Waals surface area contributed by atoms with Gasteiger partial charge in [0.05, 0.1) is 6.20 Å². The first kappa shape index (κ1) is 10.5. The van der Waals surface area contributed by atoms with Gasteiger partial charge in [0.25, 0.3) is 0 Å². The second-order valence-electron chi connectivity index (χ2n) is 3.32. The van der Waals surface area contributed by atoms with E-state index < -0.39 is 0 Å². The maximum Gasteiger partial charge on any atom is 0.198 e. The van der Waals surface area contributed by atoms with Crippen molar-refractivity contribution in [1.82, 2.24) is 4.98 Å². The predicted molar refractivity (Wildman–Crippen MR) is 60.5 cm³/mol. The fourth-order valence-electron chi connectivity index (χ4n) is 1.37. The Balaban J connectivity index is 2.24. The molecule has 0 N–H and O–H groups in total. The molecule has 0 amide bonds. The van der Waals surface area contributed by atoms with Crippen molar-refractivity contribution in [3.05, 3.63) is 51.7 Å². The summed E-state index contributed by atoms with van der Waals surface area (Å²) in [7, 11) is 0. The highest BCUT2D eigenvalue weighted by atomic mass is 35.5. The van der Waals surface area contributed by atoms with Gasteiger partial charge in [-0.3, -0.25) is 0 Å². The summed E-state index contributed by atoms with van der Waals surface area (Å²) < 4.78 is 5.37. The zero-order chi connectivity index (χ0) is 10.8. The zero-order valence-corrected chi connectivity index (χ0v) is 9.64. The molecule has 2 nitrogen and oxygen atoms in total. The first-order chi connectivity index (χ1) is 7.13. The SMILES string of the molecule is Cc1cnc(Cc2cc(Cl)cc(Cl)c2)o1. The number of nitrogens with zero attached hydrogens (tertiary/aromatic N) is 1. The van der Waals surface area contributed by atoms with Crippen LogP contribution in [0, 0.1) is 6.92 Å². The number of oxazole rings is 1. The Kier molecular flexibility index (Phi) is 2.98. The van der Waals surface area contributed by atoms with E-state index in [-0.39, 0.29) is 0 Å². The maximum atomic E-state index is 5.89. The molecule has 78 valence electrons. The zero-order valence-electron chi connectivity index (χ0n) is 8.13. The molecule has 0 unspecified atom stereocenters. The number of hydrogen-bond acceptors (Lipinski definition) is 2. The summed E-state index contributed by atoms with van der Waals surface area (Å²) in [4.78, 5) is 4.12. The summed E-state index contributed by atoms with van der Waals surface area (Å²) in [6, 6.07) is 5.41. The molecule has 0 radical (unpaired) electrons. The van der Waals surface area contributed by atoms with Crippen LogP contribution < -0.4 is 0 Å². The Bertz CT molecular complexity index is 459. The van der Waals surface area contributed by atoms with Crippen molar-refractivity contribution in [2.75, 3.05) is 0 Å². The van der Waals surface area contributed by atoms with E-state index in [9.17, 15) is 0 Å². The van der Waals surface area contributed by atoms with Gasteiger partial charge >= 0.3 is 0 Å². The second-order valence-corrected chi connectivity index (χ2v) is 4.19. The van der Waals surface area contributed by atoms with Gasteiger partial charge in [-0.25, -0.2) is 4.98 Å². The molecule has 15 heavy (non-hydrogen) atoms. The summed E-state index contributed by atoms with van der Waals surface area (Å²) in [5.74, 6) is 1.48. The van der Waals surface area contributed by atoms with Crippen molar-refractivity contribution in [2.45, 2.75) is 13.3 Å². The molecule has 0 fully saturated rings. The summed E-state index contributed by atoms with van der Waals surface area (Å²) in [6.07, 6.45) is 2.30. The van der Waals surface area contributed by atoms with Crippen molar-refractivity contribution < 1.29 is 4.42 Å². The second kappa shape index (κ2) is 4.25. The van der Waals surface area contributed by atoms with E-state index in [2.05, 4.69) is 4.98 Å². The van der Waals surface area contributed by atoms with Crippen molar-refractivity contribution >= 4 is 23.2 Å². The molecule has 2 aromatic rings. The Morgan fingerprint density at radius 2 is 1.87 bits per heavy atom. The standard InChI is InChI=1S/C11H9Cl2NO/c1-7-6-14-11(15-7)4-8-2-9(12)5-10(13)3-8/h2-3,5-6H,4H2,1H3. The van der Waals surface area contributed by atoms with Gasteiger partial charge < -0.3 is 4.42 Å². The average molecular weight is 242 g/mol. The van der Waals surface area contributed by atoms with E-state index in [0.29, 0.717) is 22.4 Å². The highest BCUT2D eigenvalue weighted by Gasteiger charge is 2.04. The van der Waals surface area contributed by atoms with Gasteiger partial charge in [-0.2, -0.15) is 0 Å². The van der Waals surface area contributed by atoms with E-state index >= 15 is 0 Å². The van der Waals surface area contributed by atoms with E-state index in [1.54, 1.807) is 12.3 Å². The van der Waals surface area contributed by atoms with Crippen LogP contribution in [0.25, 0.3) is 0 Å². The lowest BCUT2D eigenvalue weighted by molar-refractivity contribution is 0.481. The normalized spacial score (nSPS) is 10.6. The fourth-order valence-corrected chi connectivity index (χ4v) is 1.94. The molecule has 1 aromatic heterocycles. The molecule has 0 aliphatic rings. The van der Waals surface area contributed by atoms with E-state index in [1.165, 1.54) is 0 Å². The largest absolute Gasteiger partial charge is 0.446 e. The smallest absolute Gasteiger partial charge is 0.198 e. The highest BCUT2D eigenvalue weighted by molar-refractivity contribution is 6.34. The fraction of sp³-hybridized carbons (Fsp3) is 0.182. The van der Waals surface area contributed by atoms with Crippen LogP contribution in [0.2, 0.25) is 10.0 Å². The van der Waals surface area contributed by atoms with E-state index in [0.717, 1.165) is 11.3 Å². The Morgan fingerprint density at radius 1 is 1.20 bits per heavy atom. The van der Waals surface area contributed by atoms with Crippen LogP contribution in [-0.2, 0) is 6.42 Å². The molecule has 0 spiro atoms. The van der Waals surface area contributed by atoms with Gasteiger partial charge in [0, 0.05) is 16.5 Å². The van der Waals surface area contributed by atoms with Crippen LogP contribution in [0.3, 0.4) is 0 Å². The van der Waals surface area contributed by atoms with Crippen LogP contribution >= 0.6 is 23.2 Å². The first-order valence-corrected chi connectivity index (χ1v) is 5.25. The minimum Gasteiger partial charge on any atom is -0.446 e. The number of aromatic nitrogens is 1. The number of benzene rings is 1. The molecule has 4 heteroatoms. The van der Waals surface area contributed by atoms with Crippen LogP contribution in [0.4, 0.5) is 0 Å². The molecule has 0 bridgehead atoms. The van der Waals surface area contributed by atoms with Crippen LogP contribution in [0.1, 0.15) is 17.2 Å². The average Bonchev–Trinajstić information content (AvgIpc) is 2.49. The Morgan fingerprint density at radius 3 is 2.40 bits per heavy atom. The van der Waals surface area contributed by atoms with Crippen molar-refractivity contribution in [2.24, 2.45) is 0 Å². The minimum atomic E-state index is 0.605. The lowest BCUT2D eigenvalue weighted by Crippen LogP contribution is -1.87. The number of rotatable bonds is 2. The van der Waals surface area contributed by atoms with Crippen LogP contribution in [-0.4, -0.2) is 4.98 Å². The Hall–Kier alpha value is -0.990. The van der Waals surface area contributed by atoms with E-state index in [1.807, 2.05) is 19.1 Å². The molecule has 1 heterocycles. The molecule has 0 saturated heterocycles. The lowest BCUT2D eigenvalue weighted by atomic mass is 10.1. The molecule has 0 aliphatic heterocycles. The topological polar surface area (TPSA) is 26.0 Å². The van der Waals surface area contributed by atoms with E-state index in [4.69, 9.17) is 27.6 Å². The third-order valence-electron chi connectivity index (χ3n) is 1.95. The van der Waals surface area contributed by atoms with Crippen LogP contribution in [0.5, 0.6) is 0 Å². The quantitative estimate of drug-likeness (QED) is 0.798. The summed E-state index contributed by atoms with van der Waals surface area (Å²) >= 11 is 11.8. The maximum absolute atomic E-state index is 5.89. The Labute approximate surface area is 97.8 Å². The summed E-state index contributed by atoms with van der Waals surface area (Å²) in [5.41, 5.74) is 0.995. The number of aryl methyl sites for hydroxylation is 1. The first-order valence-electron chi connectivity index (χ1n) is 4.50.